The van der Waals surface area contributed by atoms with Crippen LogP contribution in [0.2, 0.25) is 0 Å². The summed E-state index contributed by atoms with van der Waals surface area (Å²) in [5.74, 6) is 2.82. The van der Waals surface area contributed by atoms with Crippen LogP contribution in [0.4, 0.5) is 0 Å². The molecule has 0 amide bonds. The first-order valence-corrected chi connectivity index (χ1v) is 9.14. The van der Waals surface area contributed by atoms with E-state index in [-0.39, 0.29) is 12.6 Å². The Hall–Kier alpha value is -1.92. The van der Waals surface area contributed by atoms with Crippen LogP contribution in [0.25, 0.3) is 0 Å². The molecule has 1 saturated heterocycles. The summed E-state index contributed by atoms with van der Waals surface area (Å²) in [5.41, 5.74) is 1.19. The van der Waals surface area contributed by atoms with Gasteiger partial charge in [-0.1, -0.05) is 22.9 Å². The van der Waals surface area contributed by atoms with Gasteiger partial charge in [-0.25, -0.2) is 0 Å². The molecule has 25 heavy (non-hydrogen) atoms. The molecule has 6 heteroatoms. The van der Waals surface area contributed by atoms with Gasteiger partial charge in [0.2, 0.25) is 5.89 Å². The Kier molecular flexibility index (Phi) is 4.72. The van der Waals surface area contributed by atoms with Crippen molar-refractivity contribution in [3.63, 3.8) is 0 Å². The van der Waals surface area contributed by atoms with Gasteiger partial charge in [0.05, 0.1) is 6.04 Å². The lowest BCUT2D eigenvalue weighted by Crippen LogP contribution is -2.35. The van der Waals surface area contributed by atoms with E-state index in [4.69, 9.17) is 9.26 Å². The van der Waals surface area contributed by atoms with E-state index in [0.717, 1.165) is 49.7 Å². The quantitative estimate of drug-likeness (QED) is 0.833. The molecule has 0 bridgehead atoms. The Labute approximate surface area is 147 Å². The molecule has 134 valence electrons. The number of benzene rings is 1. The molecule has 0 spiro atoms. The molecule has 2 atom stereocenters. The zero-order chi connectivity index (χ0) is 17.2. The Morgan fingerprint density at radius 2 is 2.08 bits per heavy atom. The fraction of sp³-hybridized carbons (Fsp3) is 0.579. The first-order valence-electron chi connectivity index (χ1n) is 9.14. The topological polar surface area (TPSA) is 71.6 Å². The lowest BCUT2D eigenvalue weighted by molar-refractivity contribution is 0.0623. The SMILES string of the molecule is Cc1ccc(OC[C@H](O)CN2CCC[C@H]2c2noc(C3CC3)n2)cc1. The van der Waals surface area contributed by atoms with E-state index in [0.29, 0.717) is 12.5 Å². The van der Waals surface area contributed by atoms with E-state index in [1.165, 1.54) is 5.56 Å². The van der Waals surface area contributed by atoms with Crippen LogP contribution < -0.4 is 4.74 Å². The van der Waals surface area contributed by atoms with Crippen molar-refractivity contribution in [1.29, 1.82) is 0 Å². The number of aromatic nitrogens is 2. The minimum atomic E-state index is -0.545. The molecule has 6 nitrogen and oxygen atoms in total. The van der Waals surface area contributed by atoms with E-state index < -0.39 is 6.10 Å². The van der Waals surface area contributed by atoms with Gasteiger partial charge < -0.3 is 14.4 Å². The molecule has 1 N–H and O–H groups in total. The van der Waals surface area contributed by atoms with Gasteiger partial charge in [-0.2, -0.15) is 4.98 Å². The number of rotatable bonds is 7. The predicted octanol–water partition coefficient (Wildman–Crippen LogP) is 2.83. The average Bonchev–Trinajstić information content (AvgIpc) is 3.16. The highest BCUT2D eigenvalue weighted by Crippen LogP contribution is 2.40. The summed E-state index contributed by atoms with van der Waals surface area (Å²) in [6, 6.07) is 8.02. The highest BCUT2D eigenvalue weighted by Gasteiger charge is 2.34. The first kappa shape index (κ1) is 16.5. The van der Waals surface area contributed by atoms with Gasteiger partial charge in [0.15, 0.2) is 5.82 Å². The Morgan fingerprint density at radius 3 is 2.84 bits per heavy atom. The van der Waals surface area contributed by atoms with Crippen LogP contribution in [-0.2, 0) is 0 Å². The van der Waals surface area contributed by atoms with E-state index in [1.54, 1.807) is 0 Å². The van der Waals surface area contributed by atoms with Gasteiger partial charge in [-0.3, -0.25) is 4.90 Å². The van der Waals surface area contributed by atoms with Gasteiger partial charge in [0.1, 0.15) is 18.5 Å². The molecule has 2 aliphatic rings. The number of nitrogens with zero attached hydrogens (tertiary/aromatic N) is 3. The first-order chi connectivity index (χ1) is 12.2. The molecule has 0 radical (unpaired) electrons. The van der Waals surface area contributed by atoms with Gasteiger partial charge in [0, 0.05) is 12.5 Å². The van der Waals surface area contributed by atoms with Crippen LogP contribution >= 0.6 is 0 Å². The highest BCUT2D eigenvalue weighted by molar-refractivity contribution is 5.26. The average molecular weight is 343 g/mol. The standard InChI is InChI=1S/C19H25N3O3/c1-13-4-8-16(9-5-13)24-12-15(23)11-22-10-2-3-17(22)18-20-19(25-21-18)14-6-7-14/h4-5,8-9,14-15,17,23H,2-3,6-7,10-12H2,1H3/t15-,17+/m1/s1. The van der Waals surface area contributed by atoms with Gasteiger partial charge >= 0.3 is 0 Å². The normalized spacial score (nSPS) is 22.2. The third kappa shape index (κ3) is 4.02. The van der Waals surface area contributed by atoms with Crippen molar-refractivity contribution < 1.29 is 14.4 Å². The maximum absolute atomic E-state index is 10.4. The maximum atomic E-state index is 10.4. The molecule has 2 fully saturated rings. The summed E-state index contributed by atoms with van der Waals surface area (Å²) in [4.78, 5) is 6.82. The third-order valence-corrected chi connectivity index (χ3v) is 4.95. The molecule has 1 aromatic carbocycles. The summed E-state index contributed by atoms with van der Waals surface area (Å²) in [7, 11) is 0. The number of aryl methyl sites for hydroxylation is 1. The van der Waals surface area contributed by atoms with Crippen molar-refractivity contribution in [3.8, 4) is 5.75 Å². The third-order valence-electron chi connectivity index (χ3n) is 4.95. The monoisotopic (exact) mass is 343 g/mol. The predicted molar refractivity (Wildman–Crippen MR) is 92.5 cm³/mol. The van der Waals surface area contributed by atoms with Crippen molar-refractivity contribution in [2.24, 2.45) is 0 Å². The Balaban J connectivity index is 1.31. The smallest absolute Gasteiger partial charge is 0.229 e. The fourth-order valence-corrected chi connectivity index (χ4v) is 3.37. The number of hydrogen-bond acceptors (Lipinski definition) is 6. The summed E-state index contributed by atoms with van der Waals surface area (Å²) in [6.45, 7) is 3.83. The van der Waals surface area contributed by atoms with Crippen LogP contribution in [0.15, 0.2) is 28.8 Å². The molecular formula is C19H25N3O3. The lowest BCUT2D eigenvalue weighted by Gasteiger charge is -2.24. The van der Waals surface area contributed by atoms with Crippen LogP contribution in [0.5, 0.6) is 5.75 Å². The number of aliphatic hydroxyl groups is 1. The summed E-state index contributed by atoms with van der Waals surface area (Å²) < 4.78 is 11.1. The van der Waals surface area contributed by atoms with Crippen molar-refractivity contribution in [2.45, 2.75) is 50.7 Å². The fourth-order valence-electron chi connectivity index (χ4n) is 3.37. The van der Waals surface area contributed by atoms with Crippen molar-refractivity contribution >= 4 is 0 Å². The summed E-state index contributed by atoms with van der Waals surface area (Å²) in [6.07, 6.45) is 3.87. The lowest BCUT2D eigenvalue weighted by atomic mass is 10.2. The van der Waals surface area contributed by atoms with Crippen molar-refractivity contribution in [2.75, 3.05) is 19.7 Å². The van der Waals surface area contributed by atoms with E-state index in [1.807, 2.05) is 31.2 Å². The van der Waals surface area contributed by atoms with E-state index >= 15 is 0 Å². The molecule has 1 aliphatic heterocycles. The van der Waals surface area contributed by atoms with Crippen LogP contribution in [-0.4, -0.2) is 45.9 Å². The maximum Gasteiger partial charge on any atom is 0.229 e. The number of β-amino-alcohol motifs (C(OH)–C–C–N with tert-alkyl or cyclic N) is 1. The number of ether oxygens (including phenoxy) is 1. The van der Waals surface area contributed by atoms with Crippen LogP contribution in [0.3, 0.4) is 0 Å². The second-order valence-corrected chi connectivity index (χ2v) is 7.20. The van der Waals surface area contributed by atoms with Gasteiger partial charge in [-0.15, -0.1) is 0 Å². The molecule has 4 rings (SSSR count). The molecule has 1 saturated carbocycles. The minimum absolute atomic E-state index is 0.144. The molecule has 1 aromatic heterocycles. The highest BCUT2D eigenvalue weighted by atomic mass is 16.5. The van der Waals surface area contributed by atoms with E-state index in [2.05, 4.69) is 15.0 Å². The zero-order valence-corrected chi connectivity index (χ0v) is 14.6. The van der Waals surface area contributed by atoms with Crippen molar-refractivity contribution in [1.82, 2.24) is 15.0 Å². The van der Waals surface area contributed by atoms with Crippen LogP contribution in [0.1, 0.15) is 54.9 Å². The second-order valence-electron chi connectivity index (χ2n) is 7.20. The van der Waals surface area contributed by atoms with Gasteiger partial charge in [0.25, 0.3) is 0 Å². The minimum Gasteiger partial charge on any atom is -0.491 e. The molecule has 2 aromatic rings. The van der Waals surface area contributed by atoms with E-state index in [9.17, 15) is 5.11 Å². The molecule has 1 aliphatic carbocycles. The molecular weight excluding hydrogens is 318 g/mol. The molecule has 0 unspecified atom stereocenters. The number of hydrogen-bond donors (Lipinski definition) is 1. The van der Waals surface area contributed by atoms with Crippen LogP contribution in [0, 0.1) is 6.92 Å². The number of likely N-dealkylation sites (tertiary alicyclic amines) is 1. The Morgan fingerprint density at radius 1 is 1.28 bits per heavy atom. The number of aliphatic hydroxyl groups excluding tert-OH is 1. The zero-order valence-electron chi connectivity index (χ0n) is 14.6. The van der Waals surface area contributed by atoms with Gasteiger partial charge in [-0.05, 0) is 51.3 Å². The Bertz CT molecular complexity index is 696. The largest absolute Gasteiger partial charge is 0.491 e. The van der Waals surface area contributed by atoms with Crippen molar-refractivity contribution in [3.05, 3.63) is 41.5 Å². The summed E-state index contributed by atoms with van der Waals surface area (Å²) >= 11 is 0. The summed E-state index contributed by atoms with van der Waals surface area (Å²) in [5, 5.41) is 14.5. The molecule has 2 heterocycles. The second kappa shape index (κ2) is 7.14.